The van der Waals surface area contributed by atoms with Crippen LogP contribution in [0.2, 0.25) is 0 Å². The summed E-state index contributed by atoms with van der Waals surface area (Å²) in [6, 6.07) is 25.2. The third kappa shape index (κ3) is 4.13. The van der Waals surface area contributed by atoms with Crippen molar-refractivity contribution >= 4 is 26.5 Å². The average Bonchev–Trinajstić information content (AvgIpc) is 2.72. The standard InChI is InChI=1S/C22H18N2O3S/c25-28(26,22-12-11-17-6-1-2-7-18(17)14-22)24-19-9-5-10-21(15-19)27-16-20-8-3-4-13-23-20/h1-15,24H,16H2. The van der Waals surface area contributed by atoms with Crippen molar-refractivity contribution in [1.29, 1.82) is 0 Å². The molecule has 3 aromatic carbocycles. The third-order valence-corrected chi connectivity index (χ3v) is 5.61. The van der Waals surface area contributed by atoms with E-state index in [1.165, 1.54) is 0 Å². The van der Waals surface area contributed by atoms with Crippen molar-refractivity contribution in [3.63, 3.8) is 0 Å². The van der Waals surface area contributed by atoms with Crippen LogP contribution in [0.1, 0.15) is 5.69 Å². The number of hydrogen-bond donors (Lipinski definition) is 1. The van der Waals surface area contributed by atoms with Crippen LogP contribution in [-0.2, 0) is 16.6 Å². The molecule has 0 aliphatic rings. The molecule has 5 nitrogen and oxygen atoms in total. The van der Waals surface area contributed by atoms with Crippen molar-refractivity contribution in [3.8, 4) is 5.75 Å². The van der Waals surface area contributed by atoms with E-state index in [0.29, 0.717) is 18.0 Å². The van der Waals surface area contributed by atoms with Crippen LogP contribution in [-0.4, -0.2) is 13.4 Å². The predicted octanol–water partition coefficient (Wildman–Crippen LogP) is 4.61. The van der Waals surface area contributed by atoms with Gasteiger partial charge in [-0.25, -0.2) is 8.42 Å². The van der Waals surface area contributed by atoms with Gasteiger partial charge in [-0.1, -0.05) is 42.5 Å². The minimum absolute atomic E-state index is 0.214. The number of nitrogens with one attached hydrogen (secondary N) is 1. The number of anilines is 1. The normalized spacial score (nSPS) is 11.3. The van der Waals surface area contributed by atoms with Crippen LogP contribution in [0.15, 0.2) is 96.0 Å². The molecule has 0 aliphatic carbocycles. The highest BCUT2D eigenvalue weighted by Crippen LogP contribution is 2.24. The van der Waals surface area contributed by atoms with Gasteiger partial charge in [0.15, 0.2) is 0 Å². The highest BCUT2D eigenvalue weighted by atomic mass is 32.2. The van der Waals surface area contributed by atoms with E-state index in [1.54, 1.807) is 48.7 Å². The van der Waals surface area contributed by atoms with Crippen molar-refractivity contribution < 1.29 is 13.2 Å². The van der Waals surface area contributed by atoms with Crippen molar-refractivity contribution in [2.24, 2.45) is 0 Å². The zero-order valence-electron chi connectivity index (χ0n) is 14.9. The summed E-state index contributed by atoms with van der Waals surface area (Å²) in [4.78, 5) is 4.42. The van der Waals surface area contributed by atoms with Gasteiger partial charge in [0.2, 0.25) is 0 Å². The van der Waals surface area contributed by atoms with Crippen LogP contribution in [0.3, 0.4) is 0 Å². The highest BCUT2D eigenvalue weighted by molar-refractivity contribution is 7.92. The van der Waals surface area contributed by atoms with Gasteiger partial charge in [0.25, 0.3) is 10.0 Å². The number of nitrogens with zero attached hydrogens (tertiary/aromatic N) is 1. The van der Waals surface area contributed by atoms with Gasteiger partial charge < -0.3 is 4.74 Å². The zero-order chi connectivity index (χ0) is 19.4. The minimum Gasteiger partial charge on any atom is -0.487 e. The van der Waals surface area contributed by atoms with E-state index in [4.69, 9.17) is 4.74 Å². The molecule has 6 heteroatoms. The maximum absolute atomic E-state index is 12.8. The Morgan fingerprint density at radius 2 is 1.64 bits per heavy atom. The molecule has 0 saturated heterocycles. The van der Waals surface area contributed by atoms with Crippen LogP contribution < -0.4 is 9.46 Å². The number of hydrogen-bond acceptors (Lipinski definition) is 4. The lowest BCUT2D eigenvalue weighted by Crippen LogP contribution is -2.13. The molecule has 0 aliphatic heterocycles. The maximum atomic E-state index is 12.8. The van der Waals surface area contributed by atoms with Gasteiger partial charge in [-0.05, 0) is 47.2 Å². The second-order valence-corrected chi connectivity index (χ2v) is 7.93. The Labute approximate surface area is 163 Å². The first kappa shape index (κ1) is 18.0. The van der Waals surface area contributed by atoms with Crippen LogP contribution in [0.5, 0.6) is 5.75 Å². The van der Waals surface area contributed by atoms with E-state index in [1.807, 2.05) is 42.5 Å². The first-order valence-electron chi connectivity index (χ1n) is 8.75. The fourth-order valence-corrected chi connectivity index (χ4v) is 3.92. The number of rotatable bonds is 6. The number of fused-ring (bicyclic) bond motifs is 1. The second kappa shape index (κ2) is 7.70. The third-order valence-electron chi connectivity index (χ3n) is 4.23. The first-order valence-corrected chi connectivity index (χ1v) is 10.2. The van der Waals surface area contributed by atoms with Gasteiger partial charge in [0.1, 0.15) is 12.4 Å². The summed E-state index contributed by atoms with van der Waals surface area (Å²) in [6.07, 6.45) is 1.70. The van der Waals surface area contributed by atoms with Crippen molar-refractivity contribution in [2.45, 2.75) is 11.5 Å². The molecule has 0 saturated carbocycles. The van der Waals surface area contributed by atoms with Gasteiger partial charge in [-0.15, -0.1) is 0 Å². The predicted molar refractivity (Wildman–Crippen MR) is 110 cm³/mol. The topological polar surface area (TPSA) is 68.3 Å². The smallest absolute Gasteiger partial charge is 0.261 e. The Balaban J connectivity index is 1.52. The van der Waals surface area contributed by atoms with E-state index in [-0.39, 0.29) is 4.90 Å². The molecule has 0 fully saturated rings. The lowest BCUT2D eigenvalue weighted by Gasteiger charge is -2.11. The van der Waals surface area contributed by atoms with Crippen LogP contribution in [0.4, 0.5) is 5.69 Å². The number of sulfonamides is 1. The molecule has 0 amide bonds. The van der Waals surface area contributed by atoms with E-state index in [2.05, 4.69) is 9.71 Å². The van der Waals surface area contributed by atoms with Gasteiger partial charge in [0, 0.05) is 12.3 Å². The molecule has 0 spiro atoms. The van der Waals surface area contributed by atoms with Gasteiger partial charge in [-0.3, -0.25) is 9.71 Å². The van der Waals surface area contributed by atoms with E-state index >= 15 is 0 Å². The van der Waals surface area contributed by atoms with Crippen LogP contribution >= 0.6 is 0 Å². The average molecular weight is 390 g/mol. The Morgan fingerprint density at radius 3 is 2.46 bits per heavy atom. The van der Waals surface area contributed by atoms with E-state index in [0.717, 1.165) is 16.5 Å². The Kier molecular flexibility index (Phi) is 4.95. The highest BCUT2D eigenvalue weighted by Gasteiger charge is 2.15. The quantitative estimate of drug-likeness (QED) is 0.522. The number of benzene rings is 3. The number of aromatic nitrogens is 1. The molecule has 1 heterocycles. The lowest BCUT2D eigenvalue weighted by atomic mass is 10.1. The summed E-state index contributed by atoms with van der Waals surface area (Å²) in [5.74, 6) is 0.560. The molecule has 0 bridgehead atoms. The largest absolute Gasteiger partial charge is 0.487 e. The Bertz CT molecular complexity index is 1210. The summed E-state index contributed by atoms with van der Waals surface area (Å²) in [6.45, 7) is 0.307. The van der Waals surface area contributed by atoms with Crippen molar-refractivity contribution in [2.75, 3.05) is 4.72 Å². The molecule has 0 unspecified atom stereocenters. The van der Waals surface area contributed by atoms with Gasteiger partial charge in [0.05, 0.1) is 16.3 Å². The van der Waals surface area contributed by atoms with Crippen LogP contribution in [0.25, 0.3) is 10.8 Å². The van der Waals surface area contributed by atoms with Crippen LogP contribution in [0, 0.1) is 0 Å². The molecule has 140 valence electrons. The number of ether oxygens (including phenoxy) is 1. The molecular formula is C22H18N2O3S. The molecule has 1 N–H and O–H groups in total. The number of pyridine rings is 1. The van der Waals surface area contributed by atoms with E-state index < -0.39 is 10.0 Å². The molecule has 28 heavy (non-hydrogen) atoms. The lowest BCUT2D eigenvalue weighted by molar-refractivity contribution is 0.301. The summed E-state index contributed by atoms with van der Waals surface area (Å²) in [7, 11) is -3.71. The van der Waals surface area contributed by atoms with Crippen molar-refractivity contribution in [1.82, 2.24) is 4.98 Å². The monoisotopic (exact) mass is 390 g/mol. The SMILES string of the molecule is O=S(=O)(Nc1cccc(OCc2ccccn2)c1)c1ccc2ccccc2c1. The molecule has 0 radical (unpaired) electrons. The van der Waals surface area contributed by atoms with Gasteiger partial charge >= 0.3 is 0 Å². The summed E-state index contributed by atoms with van der Waals surface area (Å²) in [5, 5.41) is 1.86. The summed E-state index contributed by atoms with van der Waals surface area (Å²) >= 11 is 0. The fourth-order valence-electron chi connectivity index (χ4n) is 2.84. The fraction of sp³-hybridized carbons (Fsp3) is 0.0455. The maximum Gasteiger partial charge on any atom is 0.261 e. The second-order valence-electron chi connectivity index (χ2n) is 6.25. The summed E-state index contributed by atoms with van der Waals surface area (Å²) in [5.41, 5.74) is 1.23. The Morgan fingerprint density at radius 1 is 0.821 bits per heavy atom. The Hall–Kier alpha value is -3.38. The molecular weight excluding hydrogens is 372 g/mol. The zero-order valence-corrected chi connectivity index (χ0v) is 15.8. The molecule has 0 atom stereocenters. The first-order chi connectivity index (χ1) is 13.6. The molecule has 1 aromatic heterocycles. The molecule has 4 aromatic rings. The van der Waals surface area contributed by atoms with Gasteiger partial charge in [-0.2, -0.15) is 0 Å². The van der Waals surface area contributed by atoms with E-state index in [9.17, 15) is 8.42 Å². The summed E-state index contributed by atoms with van der Waals surface area (Å²) < 4.78 is 33.9. The minimum atomic E-state index is -3.71. The van der Waals surface area contributed by atoms with Crippen molar-refractivity contribution in [3.05, 3.63) is 96.8 Å². The molecule has 4 rings (SSSR count).